The Bertz CT molecular complexity index is 1380. The number of imidazole rings is 1. The standard InChI is InChI=1S/C24H24N4O3S/c1-16(2)25-24(29)18-11-9-17(10-12-18)23-26-21-15-19(13-14-22(21)28(23)3)27-32(30,31)20-7-5-4-6-8-20/h4-16,27H,1-3H3,(H,25,29). The largest absolute Gasteiger partial charge is 0.350 e. The normalized spacial score (nSPS) is 11.6. The van der Waals surface area contributed by atoms with Crippen LogP contribution in [-0.2, 0) is 17.1 Å². The Labute approximate surface area is 187 Å². The monoisotopic (exact) mass is 448 g/mol. The van der Waals surface area contributed by atoms with E-state index in [-0.39, 0.29) is 16.8 Å². The molecule has 0 unspecified atom stereocenters. The van der Waals surface area contributed by atoms with Crippen molar-refractivity contribution in [3.05, 3.63) is 78.4 Å². The smallest absolute Gasteiger partial charge is 0.261 e. The first-order valence-electron chi connectivity index (χ1n) is 10.2. The third kappa shape index (κ3) is 4.36. The number of amides is 1. The predicted octanol–water partition coefficient (Wildman–Crippen LogP) is 4.18. The van der Waals surface area contributed by atoms with Gasteiger partial charge in [-0.15, -0.1) is 0 Å². The Balaban J connectivity index is 1.63. The lowest BCUT2D eigenvalue weighted by Gasteiger charge is -2.09. The van der Waals surface area contributed by atoms with E-state index in [1.807, 2.05) is 43.7 Å². The second-order valence-electron chi connectivity index (χ2n) is 7.82. The van der Waals surface area contributed by atoms with E-state index in [9.17, 15) is 13.2 Å². The summed E-state index contributed by atoms with van der Waals surface area (Å²) in [6, 6.07) is 20.8. The molecule has 4 rings (SSSR count). The van der Waals surface area contributed by atoms with E-state index in [4.69, 9.17) is 4.98 Å². The molecule has 0 bridgehead atoms. The number of benzene rings is 3. The van der Waals surface area contributed by atoms with E-state index in [0.717, 1.165) is 16.9 Å². The molecule has 2 N–H and O–H groups in total. The first-order valence-corrected chi connectivity index (χ1v) is 11.7. The number of hydrogen-bond donors (Lipinski definition) is 2. The molecule has 0 spiro atoms. The number of fused-ring (bicyclic) bond motifs is 1. The van der Waals surface area contributed by atoms with Crippen molar-refractivity contribution in [3.63, 3.8) is 0 Å². The van der Waals surface area contributed by atoms with Crippen molar-refractivity contribution in [2.24, 2.45) is 7.05 Å². The van der Waals surface area contributed by atoms with Crippen LogP contribution in [0.15, 0.2) is 77.7 Å². The fourth-order valence-corrected chi connectivity index (χ4v) is 4.52. The lowest BCUT2D eigenvalue weighted by Crippen LogP contribution is -2.29. The number of rotatable bonds is 6. The van der Waals surface area contributed by atoms with E-state index in [1.165, 1.54) is 0 Å². The van der Waals surface area contributed by atoms with Crippen LogP contribution in [0.5, 0.6) is 0 Å². The van der Waals surface area contributed by atoms with E-state index < -0.39 is 10.0 Å². The molecular formula is C24H24N4O3S. The summed E-state index contributed by atoms with van der Waals surface area (Å²) in [4.78, 5) is 17.1. The minimum atomic E-state index is -3.68. The maximum atomic E-state index is 12.6. The van der Waals surface area contributed by atoms with Crippen molar-refractivity contribution >= 4 is 32.7 Å². The van der Waals surface area contributed by atoms with Gasteiger partial charge < -0.3 is 9.88 Å². The summed E-state index contributed by atoms with van der Waals surface area (Å²) in [6.07, 6.45) is 0. The number of anilines is 1. The van der Waals surface area contributed by atoms with Crippen LogP contribution >= 0.6 is 0 Å². The molecule has 0 aliphatic carbocycles. The van der Waals surface area contributed by atoms with Gasteiger partial charge in [-0.1, -0.05) is 30.3 Å². The number of aryl methyl sites for hydroxylation is 1. The quantitative estimate of drug-likeness (QED) is 0.463. The van der Waals surface area contributed by atoms with Crippen LogP contribution in [0.1, 0.15) is 24.2 Å². The van der Waals surface area contributed by atoms with Gasteiger partial charge in [0.25, 0.3) is 15.9 Å². The number of carbonyl (C=O) groups is 1. The number of sulfonamides is 1. The fraction of sp³-hybridized carbons (Fsp3) is 0.167. The minimum Gasteiger partial charge on any atom is -0.350 e. The Morgan fingerprint density at radius 3 is 2.31 bits per heavy atom. The topological polar surface area (TPSA) is 93.1 Å². The van der Waals surface area contributed by atoms with Gasteiger partial charge in [0.1, 0.15) is 5.82 Å². The van der Waals surface area contributed by atoms with Gasteiger partial charge in [-0.25, -0.2) is 13.4 Å². The lowest BCUT2D eigenvalue weighted by atomic mass is 10.1. The zero-order chi connectivity index (χ0) is 22.9. The Kier molecular flexibility index (Phi) is 5.71. The summed E-state index contributed by atoms with van der Waals surface area (Å²) in [5.41, 5.74) is 3.41. The second kappa shape index (κ2) is 8.47. The number of aromatic nitrogens is 2. The molecule has 0 fully saturated rings. The van der Waals surface area contributed by atoms with Crippen molar-refractivity contribution in [2.45, 2.75) is 24.8 Å². The molecule has 0 radical (unpaired) electrons. The Hall–Kier alpha value is -3.65. The lowest BCUT2D eigenvalue weighted by molar-refractivity contribution is 0.0943. The Morgan fingerprint density at radius 2 is 1.66 bits per heavy atom. The van der Waals surface area contributed by atoms with Gasteiger partial charge in [0.2, 0.25) is 0 Å². The highest BCUT2D eigenvalue weighted by Crippen LogP contribution is 2.27. The maximum absolute atomic E-state index is 12.6. The van der Waals surface area contributed by atoms with Gasteiger partial charge in [0.05, 0.1) is 21.6 Å². The van der Waals surface area contributed by atoms with E-state index >= 15 is 0 Å². The van der Waals surface area contributed by atoms with E-state index in [2.05, 4.69) is 10.0 Å². The van der Waals surface area contributed by atoms with Gasteiger partial charge in [-0.3, -0.25) is 9.52 Å². The van der Waals surface area contributed by atoms with Gasteiger partial charge >= 0.3 is 0 Å². The highest BCUT2D eigenvalue weighted by molar-refractivity contribution is 7.92. The van der Waals surface area contributed by atoms with Crippen molar-refractivity contribution in [1.82, 2.24) is 14.9 Å². The van der Waals surface area contributed by atoms with Crippen LogP contribution in [0.3, 0.4) is 0 Å². The molecule has 3 aromatic carbocycles. The van der Waals surface area contributed by atoms with Gasteiger partial charge in [-0.2, -0.15) is 0 Å². The molecule has 0 atom stereocenters. The van der Waals surface area contributed by atoms with Crippen LogP contribution in [0.25, 0.3) is 22.4 Å². The van der Waals surface area contributed by atoms with Gasteiger partial charge in [0.15, 0.2) is 0 Å². The number of nitrogens with one attached hydrogen (secondary N) is 2. The molecule has 1 aromatic heterocycles. The zero-order valence-electron chi connectivity index (χ0n) is 18.0. The van der Waals surface area contributed by atoms with Crippen LogP contribution in [0.2, 0.25) is 0 Å². The van der Waals surface area contributed by atoms with Crippen molar-refractivity contribution < 1.29 is 13.2 Å². The van der Waals surface area contributed by atoms with E-state index in [1.54, 1.807) is 54.6 Å². The van der Waals surface area contributed by atoms with Crippen LogP contribution < -0.4 is 10.0 Å². The van der Waals surface area contributed by atoms with Crippen LogP contribution in [0, 0.1) is 0 Å². The summed E-state index contributed by atoms with van der Waals surface area (Å²) in [5.74, 6) is 0.603. The van der Waals surface area contributed by atoms with Gasteiger partial charge in [-0.05, 0) is 56.3 Å². The summed E-state index contributed by atoms with van der Waals surface area (Å²) in [7, 11) is -1.78. The molecule has 0 saturated heterocycles. The summed E-state index contributed by atoms with van der Waals surface area (Å²) >= 11 is 0. The van der Waals surface area contributed by atoms with Crippen LogP contribution in [0.4, 0.5) is 5.69 Å². The average Bonchev–Trinajstić information content (AvgIpc) is 3.09. The number of carbonyl (C=O) groups excluding carboxylic acids is 1. The first kappa shape index (κ1) is 21.6. The summed E-state index contributed by atoms with van der Waals surface area (Å²) < 4.78 is 29.8. The highest BCUT2D eigenvalue weighted by Gasteiger charge is 2.16. The average molecular weight is 449 g/mol. The summed E-state index contributed by atoms with van der Waals surface area (Å²) in [5, 5.41) is 2.87. The molecule has 4 aromatic rings. The second-order valence-corrected chi connectivity index (χ2v) is 9.50. The highest BCUT2D eigenvalue weighted by atomic mass is 32.2. The minimum absolute atomic E-state index is 0.0653. The van der Waals surface area contributed by atoms with Crippen molar-refractivity contribution in [1.29, 1.82) is 0 Å². The third-order valence-electron chi connectivity index (χ3n) is 5.01. The molecule has 0 aliphatic rings. The number of hydrogen-bond acceptors (Lipinski definition) is 4. The molecule has 164 valence electrons. The SMILES string of the molecule is CC(C)NC(=O)c1ccc(-c2nc3cc(NS(=O)(=O)c4ccccc4)ccc3n2C)cc1. The predicted molar refractivity (Wildman–Crippen MR) is 126 cm³/mol. The molecule has 7 nitrogen and oxygen atoms in total. The van der Waals surface area contributed by atoms with Crippen molar-refractivity contribution in [2.75, 3.05) is 4.72 Å². The zero-order valence-corrected chi connectivity index (χ0v) is 18.8. The summed E-state index contributed by atoms with van der Waals surface area (Å²) in [6.45, 7) is 3.83. The molecule has 0 aliphatic heterocycles. The van der Waals surface area contributed by atoms with Gasteiger partial charge in [0, 0.05) is 24.2 Å². The first-order chi connectivity index (χ1) is 15.2. The molecule has 1 amide bonds. The molecule has 0 saturated carbocycles. The van der Waals surface area contributed by atoms with Crippen molar-refractivity contribution in [3.8, 4) is 11.4 Å². The molecule has 1 heterocycles. The molecular weight excluding hydrogens is 424 g/mol. The number of nitrogens with zero attached hydrogens (tertiary/aromatic N) is 2. The Morgan fingerprint density at radius 1 is 0.969 bits per heavy atom. The maximum Gasteiger partial charge on any atom is 0.261 e. The van der Waals surface area contributed by atoms with Crippen LogP contribution in [-0.4, -0.2) is 29.9 Å². The third-order valence-corrected chi connectivity index (χ3v) is 6.41. The molecule has 32 heavy (non-hydrogen) atoms. The fourth-order valence-electron chi connectivity index (χ4n) is 3.45. The molecule has 8 heteroatoms. The van der Waals surface area contributed by atoms with E-state index in [0.29, 0.717) is 16.8 Å².